The molecule has 1 aromatic rings. The fraction of sp³-hybridized carbons (Fsp3) is 0.667. The molecule has 0 saturated heterocycles. The van der Waals surface area contributed by atoms with Crippen molar-refractivity contribution < 1.29 is 9.47 Å². The monoisotopic (exact) mass is 289 g/mol. The summed E-state index contributed by atoms with van der Waals surface area (Å²) in [6.45, 7) is 5.37. The molecule has 0 amide bonds. The van der Waals surface area contributed by atoms with Crippen molar-refractivity contribution in [2.45, 2.75) is 64.6 Å². The van der Waals surface area contributed by atoms with E-state index < -0.39 is 0 Å². The summed E-state index contributed by atoms with van der Waals surface area (Å²) in [5.74, 6) is 2.92. The number of methoxy groups -OCH3 is 1. The Morgan fingerprint density at radius 3 is 2.67 bits per heavy atom. The molecule has 2 aliphatic rings. The lowest BCUT2D eigenvalue weighted by Gasteiger charge is -2.27. The van der Waals surface area contributed by atoms with Gasteiger partial charge < -0.3 is 14.8 Å². The van der Waals surface area contributed by atoms with Crippen molar-refractivity contribution in [3.63, 3.8) is 0 Å². The maximum Gasteiger partial charge on any atom is 0.127 e. The van der Waals surface area contributed by atoms with E-state index in [2.05, 4.69) is 31.3 Å². The Kier molecular flexibility index (Phi) is 4.39. The molecule has 3 nitrogen and oxygen atoms in total. The molecule has 1 aliphatic heterocycles. The van der Waals surface area contributed by atoms with E-state index in [0.29, 0.717) is 6.04 Å². The fourth-order valence-corrected chi connectivity index (χ4v) is 3.55. The molecule has 3 heteroatoms. The lowest BCUT2D eigenvalue weighted by Crippen LogP contribution is -2.32. The van der Waals surface area contributed by atoms with Gasteiger partial charge in [-0.05, 0) is 50.7 Å². The zero-order valence-corrected chi connectivity index (χ0v) is 13.4. The molecule has 1 aliphatic carbocycles. The van der Waals surface area contributed by atoms with Crippen LogP contribution in [0, 0.1) is 5.92 Å². The molecule has 1 fully saturated rings. The highest BCUT2D eigenvalue weighted by molar-refractivity contribution is 5.49. The van der Waals surface area contributed by atoms with Crippen molar-refractivity contribution in [3.8, 4) is 11.5 Å². The minimum atomic E-state index is 0.279. The lowest BCUT2D eigenvalue weighted by atomic mass is 9.87. The first-order chi connectivity index (χ1) is 10.2. The van der Waals surface area contributed by atoms with Crippen LogP contribution in [0.15, 0.2) is 12.1 Å². The quantitative estimate of drug-likeness (QED) is 0.917. The van der Waals surface area contributed by atoms with Gasteiger partial charge in [0.2, 0.25) is 0 Å². The molecule has 1 saturated carbocycles. The summed E-state index contributed by atoms with van der Waals surface area (Å²) in [4.78, 5) is 0. The Balaban J connectivity index is 1.69. The number of ether oxygens (including phenoxy) is 2. The van der Waals surface area contributed by atoms with Crippen molar-refractivity contribution >= 4 is 0 Å². The van der Waals surface area contributed by atoms with Crippen LogP contribution < -0.4 is 14.8 Å². The van der Waals surface area contributed by atoms with Crippen LogP contribution >= 0.6 is 0 Å². The summed E-state index contributed by atoms with van der Waals surface area (Å²) in [6, 6.07) is 4.89. The predicted molar refractivity (Wildman–Crippen MR) is 85.0 cm³/mol. The molecule has 116 valence electrons. The number of hydrogen-bond acceptors (Lipinski definition) is 3. The maximum atomic E-state index is 6.00. The minimum Gasteiger partial charge on any atom is -0.497 e. The van der Waals surface area contributed by atoms with Gasteiger partial charge >= 0.3 is 0 Å². The SMILES string of the molecule is COc1cc(CNC2CCC(C)CC2)c2c(c1)C[C@@H](C)O2. The number of hydrogen-bond donors (Lipinski definition) is 1. The van der Waals surface area contributed by atoms with Gasteiger partial charge in [-0.1, -0.05) is 6.92 Å². The summed E-state index contributed by atoms with van der Waals surface area (Å²) in [7, 11) is 1.74. The number of benzene rings is 1. The van der Waals surface area contributed by atoms with Gasteiger partial charge in [0.15, 0.2) is 0 Å². The van der Waals surface area contributed by atoms with Crippen LogP contribution in [0.25, 0.3) is 0 Å². The first-order valence-corrected chi connectivity index (χ1v) is 8.25. The Hall–Kier alpha value is -1.22. The van der Waals surface area contributed by atoms with Crippen LogP contribution in [0.4, 0.5) is 0 Å². The van der Waals surface area contributed by atoms with Crippen molar-refractivity contribution in [1.29, 1.82) is 0 Å². The van der Waals surface area contributed by atoms with Crippen LogP contribution in [0.2, 0.25) is 0 Å². The molecule has 0 unspecified atom stereocenters. The maximum absolute atomic E-state index is 6.00. The number of fused-ring (bicyclic) bond motifs is 1. The van der Waals surface area contributed by atoms with E-state index in [1.54, 1.807) is 7.11 Å². The van der Waals surface area contributed by atoms with Gasteiger partial charge in [0.05, 0.1) is 7.11 Å². The Bertz CT molecular complexity index is 492. The van der Waals surface area contributed by atoms with Crippen molar-refractivity contribution in [3.05, 3.63) is 23.3 Å². The standard InChI is InChI=1S/C18H27NO2/c1-12-4-6-16(7-5-12)19-11-15-10-17(20-3)9-14-8-13(2)21-18(14)15/h9-10,12-13,16,19H,4-8,11H2,1-3H3/t12?,13-,16?/m1/s1. The summed E-state index contributed by atoms with van der Waals surface area (Å²) in [5, 5.41) is 3.72. The first kappa shape index (κ1) is 14.7. The smallest absolute Gasteiger partial charge is 0.127 e. The summed E-state index contributed by atoms with van der Waals surface area (Å²) in [6.07, 6.45) is 6.56. The highest BCUT2D eigenvalue weighted by Gasteiger charge is 2.24. The molecular weight excluding hydrogens is 262 g/mol. The number of nitrogens with one attached hydrogen (secondary N) is 1. The third-order valence-corrected chi connectivity index (χ3v) is 4.88. The molecule has 1 atom stereocenters. The second-order valence-corrected chi connectivity index (χ2v) is 6.75. The number of rotatable bonds is 4. The largest absolute Gasteiger partial charge is 0.497 e. The van der Waals surface area contributed by atoms with E-state index >= 15 is 0 Å². The predicted octanol–water partition coefficient (Wildman–Crippen LogP) is 3.69. The van der Waals surface area contributed by atoms with Gasteiger partial charge in [-0.2, -0.15) is 0 Å². The second-order valence-electron chi connectivity index (χ2n) is 6.75. The second kappa shape index (κ2) is 6.27. The molecule has 1 aromatic carbocycles. The third-order valence-electron chi connectivity index (χ3n) is 4.88. The van der Waals surface area contributed by atoms with Crippen molar-refractivity contribution in [2.75, 3.05) is 7.11 Å². The molecule has 1 N–H and O–H groups in total. The minimum absolute atomic E-state index is 0.279. The topological polar surface area (TPSA) is 30.5 Å². The molecule has 21 heavy (non-hydrogen) atoms. The van der Waals surface area contributed by atoms with Crippen LogP contribution in [0.1, 0.15) is 50.7 Å². The summed E-state index contributed by atoms with van der Waals surface area (Å²) < 4.78 is 11.4. The Morgan fingerprint density at radius 2 is 1.95 bits per heavy atom. The van der Waals surface area contributed by atoms with E-state index in [4.69, 9.17) is 9.47 Å². The van der Waals surface area contributed by atoms with E-state index in [1.807, 2.05) is 0 Å². The third kappa shape index (κ3) is 3.34. The van der Waals surface area contributed by atoms with Crippen LogP contribution in [0.5, 0.6) is 11.5 Å². The zero-order chi connectivity index (χ0) is 14.8. The molecular formula is C18H27NO2. The lowest BCUT2D eigenvalue weighted by molar-refractivity contribution is 0.250. The molecule has 1 heterocycles. The first-order valence-electron chi connectivity index (χ1n) is 8.25. The van der Waals surface area contributed by atoms with Crippen molar-refractivity contribution in [1.82, 2.24) is 5.32 Å². The molecule has 0 bridgehead atoms. The summed E-state index contributed by atoms with van der Waals surface area (Å²) in [5.41, 5.74) is 2.53. The normalized spacial score (nSPS) is 28.0. The van der Waals surface area contributed by atoms with E-state index in [-0.39, 0.29) is 6.10 Å². The average Bonchev–Trinajstić information content (AvgIpc) is 2.86. The van der Waals surface area contributed by atoms with E-state index in [1.165, 1.54) is 36.8 Å². The highest BCUT2D eigenvalue weighted by Crippen LogP contribution is 2.36. The van der Waals surface area contributed by atoms with E-state index in [9.17, 15) is 0 Å². The highest BCUT2D eigenvalue weighted by atomic mass is 16.5. The van der Waals surface area contributed by atoms with Gasteiger partial charge in [0, 0.05) is 30.1 Å². The van der Waals surface area contributed by atoms with Gasteiger partial charge in [-0.15, -0.1) is 0 Å². The van der Waals surface area contributed by atoms with Crippen LogP contribution in [0.3, 0.4) is 0 Å². The van der Waals surface area contributed by atoms with Crippen LogP contribution in [-0.2, 0) is 13.0 Å². The fourth-order valence-electron chi connectivity index (χ4n) is 3.55. The van der Waals surface area contributed by atoms with Crippen molar-refractivity contribution in [2.24, 2.45) is 5.92 Å². The van der Waals surface area contributed by atoms with Gasteiger partial charge in [0.25, 0.3) is 0 Å². The molecule has 0 radical (unpaired) electrons. The van der Waals surface area contributed by atoms with Gasteiger partial charge in [0.1, 0.15) is 17.6 Å². The van der Waals surface area contributed by atoms with Gasteiger partial charge in [-0.25, -0.2) is 0 Å². The molecule has 0 spiro atoms. The molecule has 3 rings (SSSR count). The van der Waals surface area contributed by atoms with E-state index in [0.717, 1.165) is 30.4 Å². The summed E-state index contributed by atoms with van der Waals surface area (Å²) >= 11 is 0. The van der Waals surface area contributed by atoms with Gasteiger partial charge in [-0.3, -0.25) is 0 Å². The molecule has 0 aromatic heterocycles. The van der Waals surface area contributed by atoms with Crippen LogP contribution in [-0.4, -0.2) is 19.3 Å². The average molecular weight is 289 g/mol. The Morgan fingerprint density at radius 1 is 1.19 bits per heavy atom. The zero-order valence-electron chi connectivity index (χ0n) is 13.4. The Labute approximate surface area is 128 Å².